The smallest absolute Gasteiger partial charge is 0.257 e. The normalized spacial score (nSPS) is 14.5. The molecule has 0 bridgehead atoms. The summed E-state index contributed by atoms with van der Waals surface area (Å²) >= 11 is 0. The summed E-state index contributed by atoms with van der Waals surface area (Å²) in [6, 6.07) is 13.8. The second-order valence-corrected chi connectivity index (χ2v) is 6.94. The molecule has 1 aliphatic heterocycles. The van der Waals surface area contributed by atoms with E-state index in [1.165, 1.54) is 6.42 Å². The van der Waals surface area contributed by atoms with Gasteiger partial charge in [0.15, 0.2) is 0 Å². The number of aromatic amines is 1. The fraction of sp³-hybridized carbons (Fsp3) is 0.250. The number of nitrogens with zero attached hydrogens (tertiary/aromatic N) is 6. The molecule has 8 heteroatoms. The fourth-order valence-electron chi connectivity index (χ4n) is 3.76. The van der Waals surface area contributed by atoms with Gasteiger partial charge in [-0.1, -0.05) is 24.3 Å². The van der Waals surface area contributed by atoms with E-state index in [0.29, 0.717) is 11.4 Å². The number of likely N-dealkylation sites (tertiary alicyclic amines) is 1. The Kier molecular flexibility index (Phi) is 4.08. The van der Waals surface area contributed by atoms with E-state index in [9.17, 15) is 4.79 Å². The first kappa shape index (κ1) is 16.6. The van der Waals surface area contributed by atoms with Gasteiger partial charge in [-0.15, -0.1) is 10.2 Å². The highest BCUT2D eigenvalue weighted by atomic mass is 16.2. The number of rotatable bonds is 3. The number of pyridine rings is 1. The Morgan fingerprint density at radius 1 is 1.00 bits per heavy atom. The average molecular weight is 373 g/mol. The zero-order chi connectivity index (χ0) is 18.9. The Balaban J connectivity index is 1.56. The number of amides is 1. The van der Waals surface area contributed by atoms with Crippen molar-refractivity contribution in [2.75, 3.05) is 13.1 Å². The molecule has 4 heterocycles. The summed E-state index contributed by atoms with van der Waals surface area (Å²) in [5, 5.41) is 18.7. The van der Waals surface area contributed by atoms with Gasteiger partial charge < -0.3 is 4.90 Å². The van der Waals surface area contributed by atoms with Gasteiger partial charge in [-0.25, -0.2) is 4.52 Å². The third kappa shape index (κ3) is 2.83. The number of hydrogen-bond donors (Lipinski definition) is 1. The predicted octanol–water partition coefficient (Wildman–Crippen LogP) is 2.81. The fourth-order valence-corrected chi connectivity index (χ4v) is 3.76. The van der Waals surface area contributed by atoms with Crippen LogP contribution in [0.15, 0.2) is 48.7 Å². The maximum atomic E-state index is 13.0. The van der Waals surface area contributed by atoms with Crippen molar-refractivity contribution in [1.29, 1.82) is 0 Å². The highest BCUT2D eigenvalue weighted by molar-refractivity contribution is 6.01. The van der Waals surface area contributed by atoms with Crippen LogP contribution in [0, 0.1) is 0 Å². The molecule has 0 atom stereocenters. The molecule has 1 aromatic carbocycles. The van der Waals surface area contributed by atoms with Crippen molar-refractivity contribution in [3.8, 4) is 22.6 Å². The maximum Gasteiger partial charge on any atom is 0.257 e. The summed E-state index contributed by atoms with van der Waals surface area (Å²) in [4.78, 5) is 14.9. The standard InChI is InChI=1S/C20H19N7O/c28-20(26-10-2-1-3-11-26)16-13-21-27-17(8-5-9-18(16)27)14-6-4-7-15(12-14)19-22-24-25-23-19/h4-9,12-13H,1-3,10-11H2,(H,22,23,24,25). The molecule has 0 unspecified atom stereocenters. The number of tetrazole rings is 1. The van der Waals surface area contributed by atoms with Gasteiger partial charge in [-0.2, -0.15) is 10.3 Å². The number of nitrogens with one attached hydrogen (secondary N) is 1. The lowest BCUT2D eigenvalue weighted by molar-refractivity contribution is 0.0726. The van der Waals surface area contributed by atoms with E-state index in [1.54, 1.807) is 6.20 Å². The molecular formula is C20H19N7O. The lowest BCUT2D eigenvalue weighted by atomic mass is 10.1. The van der Waals surface area contributed by atoms with Gasteiger partial charge in [0.2, 0.25) is 5.82 Å². The quantitative estimate of drug-likeness (QED) is 0.596. The Bertz CT molecular complexity index is 1130. The Labute approximate surface area is 161 Å². The van der Waals surface area contributed by atoms with Crippen molar-refractivity contribution >= 4 is 11.4 Å². The van der Waals surface area contributed by atoms with E-state index < -0.39 is 0 Å². The van der Waals surface area contributed by atoms with Crippen molar-refractivity contribution in [2.45, 2.75) is 19.3 Å². The third-order valence-electron chi connectivity index (χ3n) is 5.18. The number of carbonyl (C=O) groups excluding carboxylic acids is 1. The lowest BCUT2D eigenvalue weighted by Gasteiger charge is -2.26. The summed E-state index contributed by atoms with van der Waals surface area (Å²) in [5.74, 6) is 0.600. The van der Waals surface area contributed by atoms with Crippen LogP contribution in [0.4, 0.5) is 0 Å². The zero-order valence-corrected chi connectivity index (χ0v) is 15.2. The van der Waals surface area contributed by atoms with E-state index in [-0.39, 0.29) is 5.91 Å². The summed E-state index contributed by atoms with van der Waals surface area (Å²) in [6.07, 6.45) is 5.01. The van der Waals surface area contributed by atoms with Gasteiger partial charge in [0.1, 0.15) is 0 Å². The monoisotopic (exact) mass is 373 g/mol. The number of piperidine rings is 1. The number of fused-ring (bicyclic) bond motifs is 1. The van der Waals surface area contributed by atoms with Gasteiger partial charge in [0.05, 0.1) is 23.0 Å². The van der Waals surface area contributed by atoms with Crippen LogP contribution in [0.5, 0.6) is 0 Å². The van der Waals surface area contributed by atoms with Crippen LogP contribution in [-0.4, -0.2) is 54.1 Å². The summed E-state index contributed by atoms with van der Waals surface area (Å²) in [6.45, 7) is 1.64. The number of hydrogen-bond acceptors (Lipinski definition) is 5. The van der Waals surface area contributed by atoms with Crippen LogP contribution in [0.2, 0.25) is 0 Å². The van der Waals surface area contributed by atoms with Crippen LogP contribution in [0.1, 0.15) is 29.6 Å². The SMILES string of the molecule is O=C(c1cnn2c(-c3cccc(-c4nn[nH]n4)c3)cccc12)N1CCCCC1. The van der Waals surface area contributed by atoms with Crippen molar-refractivity contribution in [1.82, 2.24) is 35.1 Å². The average Bonchev–Trinajstić information content (AvgIpc) is 3.44. The van der Waals surface area contributed by atoms with Crippen LogP contribution in [0.25, 0.3) is 28.2 Å². The van der Waals surface area contributed by atoms with E-state index in [1.807, 2.05) is 51.9 Å². The van der Waals surface area contributed by atoms with E-state index in [2.05, 4.69) is 25.7 Å². The minimum atomic E-state index is 0.0624. The molecule has 1 amide bonds. The number of carbonyl (C=O) groups is 1. The third-order valence-corrected chi connectivity index (χ3v) is 5.18. The highest BCUT2D eigenvalue weighted by Crippen LogP contribution is 2.26. The number of H-pyrrole nitrogens is 1. The molecule has 0 spiro atoms. The van der Waals surface area contributed by atoms with Gasteiger partial charge in [0.25, 0.3) is 5.91 Å². The molecule has 140 valence electrons. The van der Waals surface area contributed by atoms with Gasteiger partial charge in [0, 0.05) is 24.2 Å². The summed E-state index contributed by atoms with van der Waals surface area (Å²) in [7, 11) is 0. The molecule has 0 radical (unpaired) electrons. The van der Waals surface area contributed by atoms with Crippen molar-refractivity contribution in [3.05, 3.63) is 54.2 Å². The Morgan fingerprint density at radius 2 is 1.82 bits per heavy atom. The first-order valence-electron chi connectivity index (χ1n) is 9.41. The largest absolute Gasteiger partial charge is 0.339 e. The zero-order valence-electron chi connectivity index (χ0n) is 15.2. The first-order chi connectivity index (χ1) is 13.8. The minimum absolute atomic E-state index is 0.0624. The van der Waals surface area contributed by atoms with Crippen molar-refractivity contribution in [3.63, 3.8) is 0 Å². The molecule has 1 N–H and O–H groups in total. The second-order valence-electron chi connectivity index (χ2n) is 6.94. The minimum Gasteiger partial charge on any atom is -0.339 e. The number of aromatic nitrogens is 6. The Hall–Kier alpha value is -3.55. The molecule has 5 rings (SSSR count). The van der Waals surface area contributed by atoms with Crippen molar-refractivity contribution in [2.24, 2.45) is 0 Å². The molecule has 8 nitrogen and oxygen atoms in total. The molecule has 1 fully saturated rings. The van der Waals surface area contributed by atoms with Crippen LogP contribution < -0.4 is 0 Å². The topological polar surface area (TPSA) is 92.1 Å². The van der Waals surface area contributed by atoms with Crippen LogP contribution in [-0.2, 0) is 0 Å². The molecule has 0 saturated carbocycles. The van der Waals surface area contributed by atoms with Crippen LogP contribution >= 0.6 is 0 Å². The lowest BCUT2D eigenvalue weighted by Crippen LogP contribution is -2.35. The van der Waals surface area contributed by atoms with Crippen LogP contribution in [0.3, 0.4) is 0 Å². The van der Waals surface area contributed by atoms with E-state index in [0.717, 1.165) is 48.3 Å². The van der Waals surface area contributed by atoms with Gasteiger partial charge in [-0.3, -0.25) is 4.79 Å². The second kappa shape index (κ2) is 6.88. The highest BCUT2D eigenvalue weighted by Gasteiger charge is 2.22. The summed E-state index contributed by atoms with van der Waals surface area (Å²) in [5.41, 5.74) is 4.20. The molecule has 1 aliphatic rings. The van der Waals surface area contributed by atoms with Gasteiger partial charge >= 0.3 is 0 Å². The summed E-state index contributed by atoms with van der Waals surface area (Å²) < 4.78 is 1.83. The van der Waals surface area contributed by atoms with E-state index >= 15 is 0 Å². The molecule has 1 saturated heterocycles. The molecule has 28 heavy (non-hydrogen) atoms. The first-order valence-corrected chi connectivity index (χ1v) is 9.41. The van der Waals surface area contributed by atoms with Crippen molar-refractivity contribution < 1.29 is 4.79 Å². The molecule has 0 aliphatic carbocycles. The Morgan fingerprint density at radius 3 is 2.64 bits per heavy atom. The molecule has 4 aromatic rings. The number of benzene rings is 1. The molecular weight excluding hydrogens is 354 g/mol. The molecule has 3 aromatic heterocycles. The predicted molar refractivity (Wildman–Crippen MR) is 104 cm³/mol. The van der Waals surface area contributed by atoms with E-state index in [4.69, 9.17) is 0 Å². The van der Waals surface area contributed by atoms with Gasteiger partial charge in [-0.05, 0) is 42.7 Å². The maximum absolute atomic E-state index is 13.0.